The Morgan fingerprint density at radius 1 is 1.19 bits per heavy atom. The van der Waals surface area contributed by atoms with Crippen molar-refractivity contribution in [2.75, 3.05) is 11.4 Å². The summed E-state index contributed by atoms with van der Waals surface area (Å²) in [5, 5.41) is 8.01. The van der Waals surface area contributed by atoms with Crippen molar-refractivity contribution in [1.82, 2.24) is 15.2 Å². The van der Waals surface area contributed by atoms with Crippen LogP contribution in [0.2, 0.25) is 0 Å². The van der Waals surface area contributed by atoms with E-state index in [1.807, 2.05) is 24.3 Å². The number of aryl methyl sites for hydroxylation is 1. The lowest BCUT2D eigenvalue weighted by atomic mass is 10.1. The van der Waals surface area contributed by atoms with E-state index in [-0.39, 0.29) is 12.5 Å². The molecule has 1 aliphatic heterocycles. The summed E-state index contributed by atoms with van der Waals surface area (Å²) in [6.07, 6.45) is 4.56. The van der Waals surface area contributed by atoms with Crippen LogP contribution in [-0.4, -0.2) is 44.5 Å². The summed E-state index contributed by atoms with van der Waals surface area (Å²) in [4.78, 5) is 31.5. The fraction of sp³-hybridized carbons (Fsp3) is 0.348. The number of hydrogen-bond donors (Lipinski definition) is 0. The number of benzene rings is 1. The van der Waals surface area contributed by atoms with Gasteiger partial charge < -0.3 is 9.15 Å². The number of pyridine rings is 1. The van der Waals surface area contributed by atoms with Gasteiger partial charge in [-0.1, -0.05) is 30.0 Å². The minimum atomic E-state index is -0.632. The molecule has 1 aromatic carbocycles. The van der Waals surface area contributed by atoms with Gasteiger partial charge in [0.15, 0.2) is 0 Å². The normalized spacial score (nSPS) is 16.4. The van der Waals surface area contributed by atoms with Crippen LogP contribution in [0, 0.1) is 0 Å². The zero-order valence-electron chi connectivity index (χ0n) is 18.1. The summed E-state index contributed by atoms with van der Waals surface area (Å²) < 4.78 is 11.2. The van der Waals surface area contributed by atoms with Crippen molar-refractivity contribution < 1.29 is 18.7 Å². The SMILES string of the molecule is CC(C)(C)OC(=O)CN1C(=O)C(Sc2nnc(-c3ccncc3)o2)CCc2ccccc21. The molecule has 3 heterocycles. The van der Waals surface area contributed by atoms with Crippen molar-refractivity contribution >= 4 is 29.3 Å². The van der Waals surface area contributed by atoms with E-state index in [4.69, 9.17) is 9.15 Å². The largest absolute Gasteiger partial charge is 0.459 e. The molecule has 8 nitrogen and oxygen atoms in total. The van der Waals surface area contributed by atoms with Crippen molar-refractivity contribution in [3.05, 3.63) is 54.4 Å². The average Bonchev–Trinajstić information content (AvgIpc) is 3.18. The van der Waals surface area contributed by atoms with Gasteiger partial charge in [0.05, 0.1) is 5.25 Å². The van der Waals surface area contributed by atoms with Gasteiger partial charge in [-0.05, 0) is 57.4 Å². The van der Waals surface area contributed by atoms with Gasteiger partial charge in [0, 0.05) is 23.6 Å². The van der Waals surface area contributed by atoms with E-state index in [0.717, 1.165) is 16.8 Å². The Kier molecular flexibility index (Phi) is 6.27. The first-order valence-corrected chi connectivity index (χ1v) is 11.2. The molecule has 1 unspecified atom stereocenters. The number of carbonyl (C=O) groups is 2. The molecule has 166 valence electrons. The smallest absolute Gasteiger partial charge is 0.326 e. The molecule has 1 atom stereocenters. The lowest BCUT2D eigenvalue weighted by Crippen LogP contribution is -2.42. The number of aromatic nitrogens is 3. The topological polar surface area (TPSA) is 98.4 Å². The quantitative estimate of drug-likeness (QED) is 0.537. The van der Waals surface area contributed by atoms with E-state index in [0.29, 0.717) is 24.0 Å². The highest BCUT2D eigenvalue weighted by Gasteiger charge is 2.34. The second-order valence-corrected chi connectivity index (χ2v) is 9.55. The standard InChI is InChI=1S/C23H24N4O4S/c1-23(2,3)31-19(28)14-27-17-7-5-4-6-15(17)8-9-18(21(27)29)32-22-26-25-20(30-22)16-10-12-24-13-11-16/h4-7,10-13,18H,8-9,14H2,1-3H3. The molecule has 32 heavy (non-hydrogen) atoms. The molecule has 0 N–H and O–H groups in total. The van der Waals surface area contributed by atoms with Crippen molar-refractivity contribution in [3.8, 4) is 11.5 Å². The third-order valence-electron chi connectivity index (χ3n) is 4.78. The monoisotopic (exact) mass is 452 g/mol. The summed E-state index contributed by atoms with van der Waals surface area (Å²) in [5.74, 6) is -0.275. The number of ether oxygens (including phenoxy) is 1. The number of para-hydroxylation sites is 1. The molecular formula is C23H24N4O4S. The molecule has 9 heteroatoms. The zero-order chi connectivity index (χ0) is 22.7. The molecule has 0 spiro atoms. The van der Waals surface area contributed by atoms with E-state index in [1.165, 1.54) is 16.7 Å². The van der Waals surface area contributed by atoms with Gasteiger partial charge in [-0.15, -0.1) is 10.2 Å². The van der Waals surface area contributed by atoms with Crippen LogP contribution >= 0.6 is 11.8 Å². The molecule has 0 bridgehead atoms. The Hall–Kier alpha value is -3.20. The first-order chi connectivity index (χ1) is 15.3. The Bertz CT molecular complexity index is 1110. The van der Waals surface area contributed by atoms with Crippen LogP contribution in [-0.2, 0) is 20.7 Å². The maximum atomic E-state index is 13.5. The van der Waals surface area contributed by atoms with E-state index in [2.05, 4.69) is 15.2 Å². The van der Waals surface area contributed by atoms with Crippen LogP contribution in [0.5, 0.6) is 0 Å². The molecule has 0 radical (unpaired) electrons. The average molecular weight is 453 g/mol. The number of anilines is 1. The zero-order valence-corrected chi connectivity index (χ0v) is 19.0. The summed E-state index contributed by atoms with van der Waals surface area (Å²) in [6.45, 7) is 5.25. The molecule has 0 fully saturated rings. The molecule has 1 amide bonds. The highest BCUT2D eigenvalue weighted by atomic mass is 32.2. The van der Waals surface area contributed by atoms with Crippen LogP contribution < -0.4 is 4.90 Å². The van der Waals surface area contributed by atoms with E-state index < -0.39 is 16.8 Å². The van der Waals surface area contributed by atoms with Gasteiger partial charge in [0.25, 0.3) is 5.22 Å². The van der Waals surface area contributed by atoms with E-state index in [9.17, 15) is 9.59 Å². The van der Waals surface area contributed by atoms with Crippen LogP contribution in [0.1, 0.15) is 32.8 Å². The molecule has 1 aliphatic rings. The molecule has 0 saturated carbocycles. The highest BCUT2D eigenvalue weighted by Crippen LogP contribution is 2.35. The number of fused-ring (bicyclic) bond motifs is 1. The van der Waals surface area contributed by atoms with Crippen molar-refractivity contribution in [1.29, 1.82) is 0 Å². The second kappa shape index (κ2) is 9.12. The maximum absolute atomic E-state index is 13.5. The van der Waals surface area contributed by atoms with Gasteiger partial charge in [0.1, 0.15) is 12.1 Å². The molecule has 4 rings (SSSR count). The van der Waals surface area contributed by atoms with Gasteiger partial charge in [-0.3, -0.25) is 19.5 Å². The Morgan fingerprint density at radius 2 is 1.94 bits per heavy atom. The number of carbonyl (C=O) groups excluding carboxylic acids is 2. The van der Waals surface area contributed by atoms with E-state index in [1.54, 1.807) is 45.3 Å². The van der Waals surface area contributed by atoms with Crippen molar-refractivity contribution in [2.24, 2.45) is 0 Å². The van der Waals surface area contributed by atoms with Crippen LogP contribution in [0.3, 0.4) is 0 Å². The minimum absolute atomic E-state index is 0.156. The highest BCUT2D eigenvalue weighted by molar-refractivity contribution is 8.00. The molecule has 3 aromatic rings. The molecule has 0 saturated heterocycles. The number of esters is 1. The molecule has 0 aliphatic carbocycles. The fourth-order valence-corrected chi connectivity index (χ4v) is 4.38. The number of amides is 1. The Morgan fingerprint density at radius 3 is 2.69 bits per heavy atom. The van der Waals surface area contributed by atoms with Crippen LogP contribution in [0.15, 0.2) is 58.4 Å². The van der Waals surface area contributed by atoms with Crippen LogP contribution in [0.25, 0.3) is 11.5 Å². The minimum Gasteiger partial charge on any atom is -0.459 e. The van der Waals surface area contributed by atoms with E-state index >= 15 is 0 Å². The summed E-state index contributed by atoms with van der Waals surface area (Å²) in [6, 6.07) is 11.2. The molecular weight excluding hydrogens is 428 g/mol. The van der Waals surface area contributed by atoms with Crippen molar-refractivity contribution in [2.45, 2.75) is 49.7 Å². The predicted octanol–water partition coefficient (Wildman–Crippen LogP) is 3.91. The molecule has 2 aromatic heterocycles. The summed E-state index contributed by atoms with van der Waals surface area (Å²) in [7, 11) is 0. The lowest BCUT2D eigenvalue weighted by molar-refractivity contribution is -0.153. The van der Waals surface area contributed by atoms with Crippen molar-refractivity contribution in [3.63, 3.8) is 0 Å². The predicted molar refractivity (Wildman–Crippen MR) is 120 cm³/mol. The van der Waals surface area contributed by atoms with Gasteiger partial charge >= 0.3 is 5.97 Å². The number of thioether (sulfide) groups is 1. The third kappa shape index (κ3) is 5.16. The number of nitrogens with zero attached hydrogens (tertiary/aromatic N) is 4. The third-order valence-corrected chi connectivity index (χ3v) is 5.87. The van der Waals surface area contributed by atoms with Gasteiger partial charge in [-0.25, -0.2) is 0 Å². The first-order valence-electron chi connectivity index (χ1n) is 10.3. The van der Waals surface area contributed by atoms with Crippen LogP contribution in [0.4, 0.5) is 5.69 Å². The summed E-state index contributed by atoms with van der Waals surface area (Å²) in [5.41, 5.74) is 1.86. The summed E-state index contributed by atoms with van der Waals surface area (Å²) >= 11 is 1.22. The lowest BCUT2D eigenvalue weighted by Gasteiger charge is -2.26. The first kappa shape index (κ1) is 22.0. The Labute approximate surface area is 190 Å². The maximum Gasteiger partial charge on any atom is 0.326 e. The van der Waals surface area contributed by atoms with Gasteiger partial charge in [-0.2, -0.15) is 0 Å². The number of hydrogen-bond acceptors (Lipinski definition) is 8. The number of rotatable bonds is 5. The fourth-order valence-electron chi connectivity index (χ4n) is 3.45. The van der Waals surface area contributed by atoms with Gasteiger partial charge in [0.2, 0.25) is 11.8 Å². The second-order valence-electron chi connectivity index (χ2n) is 8.39. The Balaban J connectivity index is 1.56.